The average molecular weight is 925 g/mol. The summed E-state index contributed by atoms with van der Waals surface area (Å²) < 4.78 is 80.7. The Morgan fingerprint density at radius 1 is 0.855 bits per heavy atom. The Bertz CT molecular complexity index is 2660. The second kappa shape index (κ2) is 18.0. The Kier molecular flexibility index (Phi) is 14.0. The van der Waals surface area contributed by atoms with E-state index in [-0.39, 0.29) is 40.3 Å². The molecule has 4 heterocycles. The van der Waals surface area contributed by atoms with Gasteiger partial charge >= 0.3 is 12.1 Å². The molecule has 0 unspecified atom stereocenters. The summed E-state index contributed by atoms with van der Waals surface area (Å²) in [6.45, 7) is 11.3. The Morgan fingerprint density at radius 2 is 1.40 bits per heavy atom. The predicted molar refractivity (Wildman–Crippen MR) is 226 cm³/mol. The number of oxazole rings is 2. The average Bonchev–Trinajstić information content (AvgIpc) is 3.79. The molecule has 0 saturated heterocycles. The molecular weight excluding hydrogens is 879 g/mol. The Balaban J connectivity index is 0.000000227. The molecule has 6 rings (SSSR count). The number of sulfonamides is 2. The van der Waals surface area contributed by atoms with Crippen molar-refractivity contribution in [2.45, 2.75) is 65.1 Å². The number of anilines is 2. The number of nitrogens with two attached hydrogens (primary N) is 2. The van der Waals surface area contributed by atoms with Gasteiger partial charge in [-0.1, -0.05) is 11.6 Å². The van der Waals surface area contributed by atoms with Crippen LogP contribution in [-0.2, 0) is 35.9 Å². The third kappa shape index (κ3) is 11.8. The first-order chi connectivity index (χ1) is 28.4. The maximum absolute atomic E-state index is 14.3. The Labute approximate surface area is 361 Å². The van der Waals surface area contributed by atoms with Gasteiger partial charge < -0.3 is 35.5 Å². The lowest BCUT2D eigenvalue weighted by Gasteiger charge is -2.36. The van der Waals surface area contributed by atoms with E-state index in [1.54, 1.807) is 59.7 Å². The Morgan fingerprint density at radius 3 is 1.90 bits per heavy atom. The highest BCUT2D eigenvalue weighted by Gasteiger charge is 2.44. The molecule has 0 aliphatic carbocycles. The highest BCUT2D eigenvalue weighted by Crippen LogP contribution is 2.38. The van der Waals surface area contributed by atoms with E-state index in [9.17, 15) is 35.6 Å². The summed E-state index contributed by atoms with van der Waals surface area (Å²) in [5, 5.41) is 13.6. The smallest absolute Gasteiger partial charge is 0.414 e. The van der Waals surface area contributed by atoms with Gasteiger partial charge in [-0.3, -0.25) is 10.1 Å². The first-order valence-electron chi connectivity index (χ1n) is 18.1. The summed E-state index contributed by atoms with van der Waals surface area (Å²) in [7, 11) is -4.92. The Hall–Kier alpha value is -6.27. The fraction of sp³-hybridized carbons (Fsp3) is 0.378. The van der Waals surface area contributed by atoms with Crippen molar-refractivity contribution in [1.82, 2.24) is 23.9 Å². The van der Waals surface area contributed by atoms with Crippen LogP contribution in [-0.4, -0.2) is 102 Å². The van der Waals surface area contributed by atoms with Crippen molar-refractivity contribution in [1.29, 1.82) is 0 Å². The molecule has 0 radical (unpaired) electrons. The van der Waals surface area contributed by atoms with Gasteiger partial charge in [0.05, 0.1) is 11.5 Å². The molecule has 2 aromatic heterocycles. The van der Waals surface area contributed by atoms with Gasteiger partial charge in [0.15, 0.2) is 23.2 Å². The van der Waals surface area contributed by atoms with E-state index in [1.165, 1.54) is 39.4 Å². The summed E-state index contributed by atoms with van der Waals surface area (Å²) in [6.07, 6.45) is 1.49. The van der Waals surface area contributed by atoms with Gasteiger partial charge in [0.2, 0.25) is 32.0 Å². The first-order valence-corrected chi connectivity index (χ1v) is 21.7. The fourth-order valence-electron chi connectivity index (χ4n) is 5.74. The number of rotatable bonds is 5. The highest BCUT2D eigenvalue weighted by molar-refractivity contribution is 7.90. The number of aliphatic imine (C=N–C) groups is 2. The van der Waals surface area contributed by atoms with Gasteiger partial charge in [-0.2, -0.15) is 0 Å². The molecule has 2 aliphatic rings. The molecule has 0 saturated carbocycles. The molecule has 2 amide bonds. The number of halogens is 2. The van der Waals surface area contributed by atoms with E-state index < -0.39 is 66.3 Å². The van der Waals surface area contributed by atoms with E-state index >= 15 is 0 Å². The monoisotopic (exact) mass is 924 g/mol. The second-order valence-electron chi connectivity index (χ2n) is 15.2. The number of ether oxygens (including phenoxy) is 1. The van der Waals surface area contributed by atoms with Crippen molar-refractivity contribution >= 4 is 72.9 Å². The number of nitrogens with zero attached hydrogens (tertiary/aromatic N) is 6. The molecule has 4 aromatic rings. The van der Waals surface area contributed by atoms with Crippen molar-refractivity contribution in [3.63, 3.8) is 0 Å². The minimum atomic E-state index is -3.86. The second-order valence-corrected chi connectivity index (χ2v) is 19.6. The number of amides is 2. The summed E-state index contributed by atoms with van der Waals surface area (Å²) in [5.74, 6) is -2.61. The van der Waals surface area contributed by atoms with Crippen molar-refractivity contribution in [3.8, 4) is 0 Å². The van der Waals surface area contributed by atoms with Crippen molar-refractivity contribution < 1.29 is 54.3 Å². The van der Waals surface area contributed by atoms with E-state index in [1.807, 2.05) is 0 Å². The summed E-state index contributed by atoms with van der Waals surface area (Å²) in [6, 6.07) is 8.58. The normalized spacial score (nSPS) is 20.2. The minimum Gasteiger partial charge on any atom is -0.476 e. The molecule has 21 nitrogen and oxygen atoms in total. The lowest BCUT2D eigenvalue weighted by molar-refractivity contribution is 0.0557. The molecule has 7 N–H and O–H groups in total. The number of aryl methyl sites for hydroxylation is 2. The molecule has 0 fully saturated rings. The van der Waals surface area contributed by atoms with Crippen LogP contribution >= 0.6 is 11.6 Å². The number of benzene rings is 2. The fourth-order valence-corrected chi connectivity index (χ4v) is 8.99. The van der Waals surface area contributed by atoms with Crippen LogP contribution in [0.1, 0.15) is 78.5 Å². The van der Waals surface area contributed by atoms with Crippen LogP contribution in [0.2, 0.25) is 5.02 Å². The van der Waals surface area contributed by atoms with E-state index in [0.29, 0.717) is 28.1 Å². The molecular formula is C37H46ClFN10O11S2. The largest absolute Gasteiger partial charge is 0.476 e. The number of nitrogen functional groups attached to an aromatic ring is 1. The van der Waals surface area contributed by atoms with Crippen molar-refractivity contribution in [2.24, 2.45) is 15.7 Å². The molecule has 2 atom stereocenters. The summed E-state index contributed by atoms with van der Waals surface area (Å²) in [5.41, 5.74) is 9.26. The number of carboxylic acids is 1. The number of aromatic nitrogens is 2. The van der Waals surface area contributed by atoms with Gasteiger partial charge in [-0.25, -0.2) is 59.4 Å². The van der Waals surface area contributed by atoms with Gasteiger partial charge in [-0.15, -0.1) is 0 Å². The highest BCUT2D eigenvalue weighted by atomic mass is 35.5. The number of hydrogen-bond acceptors (Lipinski definition) is 16. The standard InChI is InChI=1S/C16H18ClN5O4S.C16H23FN4O4S.C5H5NO3/c1-9-19-13(7-26-9)14(23)20-10-4-5-12(17)11(6-10)16(2)8-27(24,25)22(3)15(18)21-16;1-15(2,3)25-14(22)19-13-20-16(4,9-26(23,24)21(13)5)11-8-10(18)6-7-12(11)17;1-3-6-4(2-9-3)5(7)8/h4-7H,8H2,1-3H3,(H2,18,21)(H,20,23);6-8H,9,18H2,1-5H3,(H,19,20,22);2H,1H3,(H,7,8)/t2*16-;/m00./s1. The van der Waals surface area contributed by atoms with Crippen LogP contribution in [0.15, 0.2) is 67.7 Å². The number of carbonyl (C=O) groups is 3. The van der Waals surface area contributed by atoms with Gasteiger partial charge in [-0.05, 0) is 71.0 Å². The minimum absolute atomic E-state index is 0.0256. The van der Waals surface area contributed by atoms with E-state index in [0.717, 1.165) is 20.9 Å². The quantitative estimate of drug-likeness (QED) is 0.176. The van der Waals surface area contributed by atoms with Gasteiger partial charge in [0.1, 0.15) is 35.0 Å². The maximum Gasteiger partial charge on any atom is 0.414 e. The summed E-state index contributed by atoms with van der Waals surface area (Å²) in [4.78, 5) is 50.5. The van der Waals surface area contributed by atoms with E-state index in [2.05, 4.69) is 35.0 Å². The van der Waals surface area contributed by atoms with E-state index in [4.69, 9.17) is 37.3 Å². The molecule has 25 heteroatoms. The third-order valence-corrected chi connectivity index (χ3v) is 13.0. The first kappa shape index (κ1) is 48.4. The van der Waals surface area contributed by atoms with Crippen LogP contribution in [0.5, 0.6) is 0 Å². The van der Waals surface area contributed by atoms with Gasteiger partial charge in [0, 0.05) is 55.5 Å². The number of guanidine groups is 2. The lowest BCUT2D eigenvalue weighted by atomic mass is 9.93. The molecule has 2 aliphatic heterocycles. The number of aromatic carboxylic acids is 1. The van der Waals surface area contributed by atoms with Crippen LogP contribution in [0, 0.1) is 19.7 Å². The molecule has 336 valence electrons. The van der Waals surface area contributed by atoms with Crippen LogP contribution < -0.4 is 22.1 Å². The van der Waals surface area contributed by atoms with Gasteiger partial charge in [0.25, 0.3) is 5.91 Å². The molecule has 62 heavy (non-hydrogen) atoms. The molecule has 2 aromatic carbocycles. The van der Waals surface area contributed by atoms with Crippen LogP contribution in [0.4, 0.5) is 20.6 Å². The lowest BCUT2D eigenvalue weighted by Crippen LogP contribution is -2.54. The number of nitrogens with one attached hydrogen (secondary N) is 2. The van der Waals surface area contributed by atoms with Crippen LogP contribution in [0.25, 0.3) is 0 Å². The maximum atomic E-state index is 14.3. The number of hydrogen-bond donors (Lipinski definition) is 5. The van der Waals surface area contributed by atoms with Crippen molar-refractivity contribution in [2.75, 3.05) is 36.7 Å². The van der Waals surface area contributed by atoms with Crippen molar-refractivity contribution in [3.05, 3.63) is 94.1 Å². The third-order valence-electron chi connectivity index (χ3n) is 8.77. The zero-order valence-corrected chi connectivity index (χ0v) is 37.4. The molecule has 0 spiro atoms. The number of carboxylic acid groups (broad SMARTS) is 1. The summed E-state index contributed by atoms with van der Waals surface area (Å²) >= 11 is 6.29. The molecule has 0 bridgehead atoms. The predicted octanol–water partition coefficient (Wildman–Crippen LogP) is 4.15. The SMILES string of the molecule is CN1C(NC(=O)OC(C)(C)C)=N[C@](C)(c2cc(N)ccc2F)CS1(=O)=O.Cc1nc(C(=O)Nc2ccc(Cl)c([C@]3(C)CS(=O)(=O)N(C)C(N)=N3)c2)co1.Cc1nc(C(=O)O)co1. The topological polar surface area (TPSA) is 308 Å². The van der Waals surface area contributed by atoms with Crippen LogP contribution in [0.3, 0.4) is 0 Å². The number of alkyl carbamates (subject to hydrolysis) is 1. The zero-order chi connectivity index (χ0) is 46.7. The number of carbonyl (C=O) groups excluding carboxylic acids is 2. The zero-order valence-electron chi connectivity index (χ0n) is 35.0.